The summed E-state index contributed by atoms with van der Waals surface area (Å²) in [6.07, 6.45) is 2.01. The number of nitro groups is 1. The Balaban J connectivity index is 1.86. The van der Waals surface area contributed by atoms with Gasteiger partial charge in [-0.1, -0.05) is 11.6 Å². The standard InChI is InChI=1S/C21H23ClN4O5/c1-11-17-14(6-5-7-16(17)31-18(11)20(28)23-21(2,3)4)24-25-19(27)12-8-9-13(22)15(10-12)26(29)30/h8-10H,5-7H2,1-4H3,(H,23,28)(H,25,27)/b24-14+. The highest BCUT2D eigenvalue weighted by molar-refractivity contribution is 6.32. The summed E-state index contributed by atoms with van der Waals surface area (Å²) >= 11 is 5.79. The van der Waals surface area contributed by atoms with Crippen molar-refractivity contribution in [1.29, 1.82) is 0 Å². The highest BCUT2D eigenvalue weighted by atomic mass is 35.5. The van der Waals surface area contributed by atoms with Crippen LogP contribution in [0.15, 0.2) is 27.7 Å². The maximum atomic E-state index is 12.6. The van der Waals surface area contributed by atoms with Crippen molar-refractivity contribution in [2.45, 2.75) is 52.5 Å². The van der Waals surface area contributed by atoms with Crippen molar-refractivity contribution in [2.24, 2.45) is 5.10 Å². The van der Waals surface area contributed by atoms with Crippen molar-refractivity contribution in [3.05, 3.63) is 61.5 Å². The number of rotatable bonds is 4. The molecule has 1 heterocycles. The molecule has 0 saturated carbocycles. The van der Waals surface area contributed by atoms with Crippen LogP contribution in [-0.4, -0.2) is 28.0 Å². The number of halogens is 1. The molecule has 0 radical (unpaired) electrons. The molecule has 0 spiro atoms. The molecule has 1 aliphatic rings. The summed E-state index contributed by atoms with van der Waals surface area (Å²) in [5.74, 6) is -0.0328. The zero-order valence-electron chi connectivity index (χ0n) is 17.7. The number of furan rings is 1. The molecule has 9 nitrogen and oxygen atoms in total. The molecular weight excluding hydrogens is 424 g/mol. The monoisotopic (exact) mass is 446 g/mol. The number of carbonyl (C=O) groups is 2. The number of hydrogen-bond acceptors (Lipinski definition) is 6. The van der Waals surface area contributed by atoms with Gasteiger partial charge in [0.25, 0.3) is 17.5 Å². The molecule has 31 heavy (non-hydrogen) atoms. The fraction of sp³-hybridized carbons (Fsp3) is 0.381. The van der Waals surface area contributed by atoms with Gasteiger partial charge in [-0.2, -0.15) is 5.10 Å². The number of aryl methyl sites for hydroxylation is 1. The summed E-state index contributed by atoms with van der Waals surface area (Å²) in [6, 6.07) is 3.78. The Kier molecular flexibility index (Phi) is 6.17. The number of hydrogen-bond donors (Lipinski definition) is 2. The lowest BCUT2D eigenvalue weighted by Crippen LogP contribution is -2.40. The van der Waals surface area contributed by atoms with Crippen LogP contribution in [0, 0.1) is 17.0 Å². The number of nitro benzene ring substituents is 1. The molecule has 1 aliphatic carbocycles. The van der Waals surface area contributed by atoms with E-state index >= 15 is 0 Å². The Morgan fingerprint density at radius 1 is 1.23 bits per heavy atom. The molecular formula is C21H23ClN4O5. The molecule has 0 unspecified atom stereocenters. The smallest absolute Gasteiger partial charge is 0.288 e. The number of amides is 2. The van der Waals surface area contributed by atoms with Gasteiger partial charge in [0, 0.05) is 34.7 Å². The van der Waals surface area contributed by atoms with Crippen molar-refractivity contribution in [3.8, 4) is 0 Å². The van der Waals surface area contributed by atoms with Gasteiger partial charge in [-0.3, -0.25) is 19.7 Å². The molecule has 2 aromatic rings. The molecule has 2 amide bonds. The molecule has 0 fully saturated rings. The van der Waals surface area contributed by atoms with E-state index in [4.69, 9.17) is 16.0 Å². The fourth-order valence-corrected chi connectivity index (χ4v) is 3.56. The molecule has 164 valence electrons. The Hall–Kier alpha value is -3.20. The molecule has 3 rings (SSSR count). The van der Waals surface area contributed by atoms with E-state index in [-0.39, 0.29) is 27.9 Å². The molecule has 2 N–H and O–H groups in total. The number of carbonyl (C=O) groups excluding carboxylic acids is 2. The second kappa shape index (κ2) is 8.50. The Morgan fingerprint density at radius 2 is 1.94 bits per heavy atom. The largest absolute Gasteiger partial charge is 0.455 e. The number of benzene rings is 1. The van der Waals surface area contributed by atoms with Gasteiger partial charge < -0.3 is 9.73 Å². The topological polar surface area (TPSA) is 127 Å². The van der Waals surface area contributed by atoms with Gasteiger partial charge in [-0.25, -0.2) is 5.43 Å². The van der Waals surface area contributed by atoms with E-state index in [1.807, 2.05) is 20.8 Å². The zero-order chi connectivity index (χ0) is 22.9. The molecule has 1 aromatic carbocycles. The third-order valence-corrected chi connectivity index (χ3v) is 5.04. The first-order chi connectivity index (χ1) is 14.5. The van der Waals surface area contributed by atoms with Gasteiger partial charge in [-0.05, 0) is 52.7 Å². The molecule has 10 heteroatoms. The van der Waals surface area contributed by atoms with E-state index < -0.39 is 16.4 Å². The summed E-state index contributed by atoms with van der Waals surface area (Å²) in [4.78, 5) is 35.4. The lowest BCUT2D eigenvalue weighted by atomic mass is 9.93. The zero-order valence-corrected chi connectivity index (χ0v) is 18.4. The predicted molar refractivity (Wildman–Crippen MR) is 116 cm³/mol. The van der Waals surface area contributed by atoms with Gasteiger partial charge in [0.15, 0.2) is 5.76 Å². The average molecular weight is 447 g/mol. The van der Waals surface area contributed by atoms with Crippen LogP contribution in [0.4, 0.5) is 5.69 Å². The normalized spacial score (nSPS) is 14.8. The van der Waals surface area contributed by atoms with Crippen LogP contribution in [0.1, 0.15) is 71.4 Å². The third-order valence-electron chi connectivity index (χ3n) is 4.72. The van der Waals surface area contributed by atoms with Crippen molar-refractivity contribution in [2.75, 3.05) is 0 Å². The van der Waals surface area contributed by atoms with E-state index in [0.717, 1.165) is 12.5 Å². The van der Waals surface area contributed by atoms with Crippen molar-refractivity contribution in [3.63, 3.8) is 0 Å². The summed E-state index contributed by atoms with van der Waals surface area (Å²) in [5.41, 5.74) is 3.69. The third kappa shape index (κ3) is 4.93. The Morgan fingerprint density at radius 3 is 2.58 bits per heavy atom. The van der Waals surface area contributed by atoms with Crippen LogP contribution in [0.3, 0.4) is 0 Å². The maximum absolute atomic E-state index is 12.6. The van der Waals surface area contributed by atoms with E-state index in [0.29, 0.717) is 35.4 Å². The molecule has 0 saturated heterocycles. The van der Waals surface area contributed by atoms with Gasteiger partial charge in [0.2, 0.25) is 0 Å². The average Bonchev–Trinajstić information content (AvgIpc) is 3.02. The van der Waals surface area contributed by atoms with Crippen LogP contribution in [0.5, 0.6) is 0 Å². The molecule has 1 aromatic heterocycles. The quantitative estimate of drug-likeness (QED) is 0.538. The second-order valence-electron chi connectivity index (χ2n) is 8.33. The fourth-order valence-electron chi connectivity index (χ4n) is 3.37. The van der Waals surface area contributed by atoms with Gasteiger partial charge in [0.05, 0.1) is 10.6 Å². The first kappa shape index (κ1) is 22.5. The number of nitrogens with one attached hydrogen (secondary N) is 2. The van der Waals surface area contributed by atoms with E-state index in [1.165, 1.54) is 12.1 Å². The van der Waals surface area contributed by atoms with Gasteiger partial charge >= 0.3 is 0 Å². The summed E-state index contributed by atoms with van der Waals surface area (Å²) in [7, 11) is 0. The van der Waals surface area contributed by atoms with Crippen LogP contribution >= 0.6 is 11.6 Å². The highest BCUT2D eigenvalue weighted by Crippen LogP contribution is 2.30. The predicted octanol–water partition coefficient (Wildman–Crippen LogP) is 4.15. The number of fused-ring (bicyclic) bond motifs is 1. The van der Waals surface area contributed by atoms with Crippen LogP contribution in [-0.2, 0) is 6.42 Å². The highest BCUT2D eigenvalue weighted by Gasteiger charge is 2.29. The SMILES string of the molecule is Cc1c(C(=O)NC(C)(C)C)oc2c1/C(=N/NC(=O)c1ccc(Cl)c([N+](=O)[O-])c1)CCC2. The first-order valence-corrected chi connectivity index (χ1v) is 10.1. The Labute approximate surface area is 184 Å². The van der Waals surface area contributed by atoms with E-state index in [9.17, 15) is 19.7 Å². The maximum Gasteiger partial charge on any atom is 0.288 e. The molecule has 0 aliphatic heterocycles. The van der Waals surface area contributed by atoms with Crippen LogP contribution < -0.4 is 10.7 Å². The van der Waals surface area contributed by atoms with Crippen molar-refractivity contribution in [1.82, 2.24) is 10.7 Å². The van der Waals surface area contributed by atoms with Gasteiger partial charge in [-0.15, -0.1) is 0 Å². The summed E-state index contributed by atoms with van der Waals surface area (Å²) in [6.45, 7) is 7.43. The van der Waals surface area contributed by atoms with E-state index in [1.54, 1.807) is 6.92 Å². The Bertz CT molecular complexity index is 1100. The molecule has 0 bridgehead atoms. The van der Waals surface area contributed by atoms with Crippen molar-refractivity contribution >= 4 is 34.8 Å². The minimum Gasteiger partial charge on any atom is -0.455 e. The first-order valence-electron chi connectivity index (χ1n) is 9.74. The molecule has 0 atom stereocenters. The summed E-state index contributed by atoms with van der Waals surface area (Å²) in [5, 5.41) is 18.1. The summed E-state index contributed by atoms with van der Waals surface area (Å²) < 4.78 is 5.83. The van der Waals surface area contributed by atoms with E-state index in [2.05, 4.69) is 15.8 Å². The number of nitrogens with zero attached hydrogens (tertiary/aromatic N) is 2. The minimum absolute atomic E-state index is 0.0557. The van der Waals surface area contributed by atoms with Crippen LogP contribution in [0.25, 0.3) is 0 Å². The van der Waals surface area contributed by atoms with Crippen LogP contribution in [0.2, 0.25) is 5.02 Å². The lowest BCUT2D eigenvalue weighted by molar-refractivity contribution is -0.384. The van der Waals surface area contributed by atoms with Gasteiger partial charge in [0.1, 0.15) is 10.8 Å². The second-order valence-corrected chi connectivity index (χ2v) is 8.74. The number of hydrazone groups is 1. The minimum atomic E-state index is -0.655. The lowest BCUT2D eigenvalue weighted by Gasteiger charge is -2.19. The van der Waals surface area contributed by atoms with Crippen molar-refractivity contribution < 1.29 is 18.9 Å².